The Balaban J connectivity index is 1.79. The topological polar surface area (TPSA) is 71.6 Å². The highest BCUT2D eigenvalue weighted by molar-refractivity contribution is 7.10. The molecule has 0 saturated heterocycles. The van der Waals surface area contributed by atoms with Gasteiger partial charge in [-0.2, -0.15) is 10.4 Å². The largest absolute Gasteiger partial charge is 0.292 e. The number of benzene rings is 2. The Bertz CT molecular complexity index is 1280. The van der Waals surface area contributed by atoms with Crippen molar-refractivity contribution in [1.29, 1.82) is 5.26 Å². The standard InChI is InChI=1S/C25H22N4OS/c1-16-9-10-20(11-17(16)2)23-22(14-29(28-23)13-19-7-5-4-6-8-19)24(30)21(12-26)25-27-18(3)15-31-25/h4-11,14-15,21H,13H2,1-3H3. The van der Waals surface area contributed by atoms with Gasteiger partial charge in [0, 0.05) is 22.8 Å². The Morgan fingerprint density at radius 2 is 1.90 bits per heavy atom. The van der Waals surface area contributed by atoms with E-state index in [4.69, 9.17) is 5.10 Å². The van der Waals surface area contributed by atoms with Gasteiger partial charge in [-0.1, -0.05) is 42.5 Å². The summed E-state index contributed by atoms with van der Waals surface area (Å²) in [6.07, 6.45) is 1.75. The third-order valence-electron chi connectivity index (χ3n) is 5.27. The van der Waals surface area contributed by atoms with Crippen LogP contribution < -0.4 is 0 Å². The van der Waals surface area contributed by atoms with E-state index in [1.165, 1.54) is 16.9 Å². The summed E-state index contributed by atoms with van der Waals surface area (Å²) in [6.45, 7) is 6.49. The van der Waals surface area contributed by atoms with Crippen LogP contribution in [0.25, 0.3) is 11.3 Å². The van der Waals surface area contributed by atoms with E-state index < -0.39 is 5.92 Å². The quantitative estimate of drug-likeness (QED) is 0.383. The molecule has 1 unspecified atom stereocenters. The number of hydrogen-bond donors (Lipinski definition) is 0. The minimum atomic E-state index is -0.946. The molecule has 4 rings (SSSR count). The predicted octanol–water partition coefficient (Wildman–Crippen LogP) is 5.47. The van der Waals surface area contributed by atoms with Crippen LogP contribution in [0, 0.1) is 32.1 Å². The van der Waals surface area contributed by atoms with Crippen molar-refractivity contribution in [2.45, 2.75) is 33.2 Å². The van der Waals surface area contributed by atoms with E-state index in [9.17, 15) is 10.1 Å². The van der Waals surface area contributed by atoms with Gasteiger partial charge in [0.05, 0.1) is 18.2 Å². The van der Waals surface area contributed by atoms with Gasteiger partial charge in [-0.05, 0) is 43.5 Å². The lowest BCUT2D eigenvalue weighted by Crippen LogP contribution is -2.11. The maximum absolute atomic E-state index is 13.5. The number of aryl methyl sites for hydroxylation is 3. The zero-order chi connectivity index (χ0) is 22.0. The smallest absolute Gasteiger partial charge is 0.190 e. The second-order valence-electron chi connectivity index (χ2n) is 7.63. The summed E-state index contributed by atoms with van der Waals surface area (Å²) in [5.74, 6) is -1.22. The highest BCUT2D eigenvalue weighted by Gasteiger charge is 2.29. The van der Waals surface area contributed by atoms with Crippen molar-refractivity contribution in [2.75, 3.05) is 0 Å². The first-order valence-electron chi connectivity index (χ1n) is 10.0. The normalized spacial score (nSPS) is 11.8. The van der Waals surface area contributed by atoms with Crippen LogP contribution in [0.4, 0.5) is 0 Å². The van der Waals surface area contributed by atoms with E-state index in [2.05, 4.69) is 18.0 Å². The molecule has 2 aromatic carbocycles. The number of aromatic nitrogens is 3. The fraction of sp³-hybridized carbons (Fsp3) is 0.200. The molecule has 0 aliphatic rings. The lowest BCUT2D eigenvalue weighted by Gasteiger charge is -2.07. The molecule has 2 aromatic heterocycles. The molecule has 154 valence electrons. The van der Waals surface area contributed by atoms with E-state index in [0.717, 1.165) is 22.4 Å². The third-order valence-corrected chi connectivity index (χ3v) is 6.30. The second kappa shape index (κ2) is 8.66. The van der Waals surface area contributed by atoms with Gasteiger partial charge < -0.3 is 0 Å². The fourth-order valence-electron chi connectivity index (χ4n) is 3.44. The van der Waals surface area contributed by atoms with Gasteiger partial charge in [0.25, 0.3) is 0 Å². The molecule has 4 aromatic rings. The first-order chi connectivity index (χ1) is 15.0. The Morgan fingerprint density at radius 3 is 2.55 bits per heavy atom. The Morgan fingerprint density at radius 1 is 1.13 bits per heavy atom. The van der Waals surface area contributed by atoms with Gasteiger partial charge >= 0.3 is 0 Å². The second-order valence-corrected chi connectivity index (χ2v) is 8.52. The summed E-state index contributed by atoms with van der Waals surface area (Å²) in [5, 5.41) is 16.9. The van der Waals surface area contributed by atoms with Crippen LogP contribution in [0.3, 0.4) is 0 Å². The van der Waals surface area contributed by atoms with Gasteiger partial charge in [-0.3, -0.25) is 9.48 Å². The van der Waals surface area contributed by atoms with E-state index in [1.807, 2.05) is 67.8 Å². The minimum Gasteiger partial charge on any atom is -0.292 e. The Kier molecular flexibility index (Phi) is 5.79. The summed E-state index contributed by atoms with van der Waals surface area (Å²) in [4.78, 5) is 17.9. The van der Waals surface area contributed by atoms with Crippen LogP contribution in [0.2, 0.25) is 0 Å². The van der Waals surface area contributed by atoms with Gasteiger partial charge in [-0.25, -0.2) is 4.98 Å². The summed E-state index contributed by atoms with van der Waals surface area (Å²) < 4.78 is 1.77. The van der Waals surface area contributed by atoms with E-state index >= 15 is 0 Å². The van der Waals surface area contributed by atoms with Crippen molar-refractivity contribution >= 4 is 17.1 Å². The highest BCUT2D eigenvalue weighted by atomic mass is 32.1. The molecule has 0 spiro atoms. The number of nitrogens with zero attached hydrogens (tertiary/aromatic N) is 4. The summed E-state index contributed by atoms with van der Waals surface area (Å²) in [5.41, 5.74) is 6.10. The summed E-state index contributed by atoms with van der Waals surface area (Å²) in [7, 11) is 0. The van der Waals surface area contributed by atoms with Crippen molar-refractivity contribution in [3.8, 4) is 17.3 Å². The fourth-order valence-corrected chi connectivity index (χ4v) is 4.28. The molecule has 6 heteroatoms. The molecular weight excluding hydrogens is 404 g/mol. The minimum absolute atomic E-state index is 0.274. The van der Waals surface area contributed by atoms with Crippen LogP contribution in [-0.4, -0.2) is 20.5 Å². The molecule has 0 saturated carbocycles. The molecule has 0 aliphatic carbocycles. The maximum Gasteiger partial charge on any atom is 0.190 e. The molecule has 0 N–H and O–H groups in total. The van der Waals surface area contributed by atoms with Crippen LogP contribution in [0.15, 0.2) is 60.1 Å². The van der Waals surface area contributed by atoms with Crippen molar-refractivity contribution in [1.82, 2.24) is 14.8 Å². The molecule has 5 nitrogen and oxygen atoms in total. The summed E-state index contributed by atoms with van der Waals surface area (Å²) in [6, 6.07) is 18.2. The zero-order valence-corrected chi connectivity index (χ0v) is 18.5. The number of ketones is 1. The van der Waals surface area contributed by atoms with Gasteiger partial charge in [0.1, 0.15) is 10.7 Å². The van der Waals surface area contributed by atoms with Gasteiger partial charge in [-0.15, -0.1) is 11.3 Å². The average Bonchev–Trinajstić information content (AvgIpc) is 3.38. The predicted molar refractivity (Wildman–Crippen MR) is 122 cm³/mol. The molecular formula is C25H22N4OS. The van der Waals surface area contributed by atoms with Crippen LogP contribution in [0.1, 0.15) is 43.7 Å². The van der Waals surface area contributed by atoms with Crippen molar-refractivity contribution in [2.24, 2.45) is 0 Å². The third kappa shape index (κ3) is 4.32. The first-order valence-corrected chi connectivity index (χ1v) is 10.9. The number of carbonyl (C=O) groups is 1. The molecule has 0 amide bonds. The lowest BCUT2D eigenvalue weighted by molar-refractivity contribution is 0.0979. The number of nitriles is 1. The Labute approximate surface area is 185 Å². The first kappa shape index (κ1) is 20.7. The van der Waals surface area contributed by atoms with E-state index in [0.29, 0.717) is 22.8 Å². The monoisotopic (exact) mass is 426 g/mol. The van der Waals surface area contributed by atoms with Gasteiger partial charge in [0.15, 0.2) is 11.7 Å². The number of thiazole rings is 1. The van der Waals surface area contributed by atoms with Crippen molar-refractivity contribution in [3.05, 3.63) is 93.1 Å². The number of carbonyl (C=O) groups excluding carboxylic acids is 1. The maximum atomic E-state index is 13.5. The average molecular weight is 427 g/mol. The molecule has 0 aliphatic heterocycles. The van der Waals surface area contributed by atoms with E-state index in [-0.39, 0.29) is 5.78 Å². The SMILES string of the molecule is Cc1csc(C(C#N)C(=O)c2cn(Cc3ccccc3)nc2-c2ccc(C)c(C)c2)n1. The molecule has 0 fully saturated rings. The van der Waals surface area contributed by atoms with Crippen LogP contribution in [0.5, 0.6) is 0 Å². The van der Waals surface area contributed by atoms with Crippen LogP contribution >= 0.6 is 11.3 Å². The van der Waals surface area contributed by atoms with Crippen molar-refractivity contribution < 1.29 is 4.79 Å². The Hall–Kier alpha value is -3.56. The number of hydrogen-bond acceptors (Lipinski definition) is 5. The number of rotatable bonds is 6. The molecule has 1 atom stereocenters. The molecule has 0 radical (unpaired) electrons. The zero-order valence-electron chi connectivity index (χ0n) is 17.7. The molecule has 31 heavy (non-hydrogen) atoms. The molecule has 2 heterocycles. The number of Topliss-reactive ketones (excluding diaryl/α,β-unsaturated/α-hetero) is 1. The van der Waals surface area contributed by atoms with E-state index in [1.54, 1.807) is 10.9 Å². The molecule has 0 bridgehead atoms. The van der Waals surface area contributed by atoms with Crippen molar-refractivity contribution in [3.63, 3.8) is 0 Å². The summed E-state index contributed by atoms with van der Waals surface area (Å²) >= 11 is 1.34. The van der Waals surface area contributed by atoms with Gasteiger partial charge in [0.2, 0.25) is 0 Å². The van der Waals surface area contributed by atoms with Crippen LogP contribution in [-0.2, 0) is 6.54 Å². The highest BCUT2D eigenvalue weighted by Crippen LogP contribution is 2.30. The lowest BCUT2D eigenvalue weighted by atomic mass is 9.96.